The summed E-state index contributed by atoms with van der Waals surface area (Å²) in [6.07, 6.45) is 4.43. The van der Waals surface area contributed by atoms with Crippen molar-refractivity contribution in [3.63, 3.8) is 0 Å². The topological polar surface area (TPSA) is 29.5 Å². The summed E-state index contributed by atoms with van der Waals surface area (Å²) in [5.74, 6) is 1.31. The highest BCUT2D eigenvalue weighted by molar-refractivity contribution is 6.32. The van der Waals surface area contributed by atoms with Crippen LogP contribution in [0.1, 0.15) is 55.8 Å². The number of aliphatic hydroxyl groups is 1. The molecule has 3 heteroatoms. The zero-order valence-corrected chi connectivity index (χ0v) is 11.1. The van der Waals surface area contributed by atoms with E-state index in [0.29, 0.717) is 10.9 Å². The molecule has 1 atom stereocenters. The van der Waals surface area contributed by atoms with Crippen molar-refractivity contribution in [2.24, 2.45) is 0 Å². The highest BCUT2D eigenvalue weighted by atomic mass is 35.5. The third kappa shape index (κ3) is 2.58. The second-order valence-electron chi connectivity index (χ2n) is 4.78. The van der Waals surface area contributed by atoms with Gasteiger partial charge in [-0.3, -0.25) is 0 Å². The van der Waals surface area contributed by atoms with Crippen LogP contribution in [0.3, 0.4) is 0 Å². The Bertz CT molecular complexity index is 395. The van der Waals surface area contributed by atoms with Crippen LogP contribution in [0, 0.1) is 0 Å². The van der Waals surface area contributed by atoms with Crippen molar-refractivity contribution in [2.45, 2.75) is 44.6 Å². The SMILES string of the molecule is COc1c(Cl)cc(C(C)O)cc1C1CCCC1. The van der Waals surface area contributed by atoms with Crippen LogP contribution in [-0.4, -0.2) is 12.2 Å². The van der Waals surface area contributed by atoms with Crippen molar-refractivity contribution in [2.75, 3.05) is 7.11 Å². The number of methoxy groups -OCH3 is 1. The van der Waals surface area contributed by atoms with Crippen LogP contribution in [0.4, 0.5) is 0 Å². The van der Waals surface area contributed by atoms with E-state index >= 15 is 0 Å². The number of hydrogen-bond donors (Lipinski definition) is 1. The molecule has 0 amide bonds. The lowest BCUT2D eigenvalue weighted by molar-refractivity contribution is 0.199. The molecule has 1 aromatic carbocycles. The largest absolute Gasteiger partial charge is 0.495 e. The molecular weight excluding hydrogens is 236 g/mol. The van der Waals surface area contributed by atoms with Crippen LogP contribution in [0.25, 0.3) is 0 Å². The fourth-order valence-electron chi connectivity index (χ4n) is 2.63. The van der Waals surface area contributed by atoms with Gasteiger partial charge in [0.25, 0.3) is 0 Å². The van der Waals surface area contributed by atoms with Gasteiger partial charge in [0.1, 0.15) is 5.75 Å². The van der Waals surface area contributed by atoms with Gasteiger partial charge in [0.15, 0.2) is 0 Å². The lowest BCUT2D eigenvalue weighted by Gasteiger charge is -2.18. The van der Waals surface area contributed by atoms with Gasteiger partial charge in [0.05, 0.1) is 18.2 Å². The fraction of sp³-hybridized carbons (Fsp3) is 0.571. The molecule has 1 saturated carbocycles. The van der Waals surface area contributed by atoms with E-state index in [-0.39, 0.29) is 0 Å². The summed E-state index contributed by atoms with van der Waals surface area (Å²) in [6, 6.07) is 3.84. The monoisotopic (exact) mass is 254 g/mol. The Labute approximate surface area is 108 Å². The number of benzene rings is 1. The number of aliphatic hydroxyl groups excluding tert-OH is 1. The molecule has 0 bridgehead atoms. The van der Waals surface area contributed by atoms with Gasteiger partial charge in [-0.05, 0) is 48.9 Å². The first kappa shape index (κ1) is 12.7. The fourth-order valence-corrected chi connectivity index (χ4v) is 2.95. The minimum Gasteiger partial charge on any atom is -0.495 e. The molecule has 0 spiro atoms. The standard InChI is InChI=1S/C14H19ClO2/c1-9(16)11-7-12(10-5-3-4-6-10)14(17-2)13(15)8-11/h7-10,16H,3-6H2,1-2H3. The first-order valence-electron chi connectivity index (χ1n) is 6.19. The Morgan fingerprint density at radius 2 is 2.00 bits per heavy atom. The van der Waals surface area contributed by atoms with Gasteiger partial charge >= 0.3 is 0 Å². The predicted molar refractivity (Wildman–Crippen MR) is 69.8 cm³/mol. The molecule has 0 aromatic heterocycles. The van der Waals surface area contributed by atoms with Gasteiger partial charge in [-0.2, -0.15) is 0 Å². The Kier molecular flexibility index (Phi) is 3.95. The zero-order chi connectivity index (χ0) is 12.4. The second-order valence-corrected chi connectivity index (χ2v) is 5.19. The van der Waals surface area contributed by atoms with Crippen LogP contribution < -0.4 is 4.74 Å². The van der Waals surface area contributed by atoms with Gasteiger partial charge in [0, 0.05) is 0 Å². The van der Waals surface area contributed by atoms with E-state index in [1.54, 1.807) is 20.1 Å². The molecule has 2 rings (SSSR count). The highest BCUT2D eigenvalue weighted by Crippen LogP contribution is 2.43. The van der Waals surface area contributed by atoms with Crippen LogP contribution in [-0.2, 0) is 0 Å². The molecule has 0 heterocycles. The predicted octanol–water partition coefficient (Wildman–Crippen LogP) is 4.06. The van der Waals surface area contributed by atoms with E-state index in [2.05, 4.69) is 0 Å². The van der Waals surface area contributed by atoms with E-state index in [1.165, 1.54) is 25.7 Å². The molecule has 1 aliphatic carbocycles. The normalized spacial score (nSPS) is 18.4. The molecule has 0 saturated heterocycles. The Balaban J connectivity index is 2.45. The number of hydrogen-bond acceptors (Lipinski definition) is 2. The molecule has 0 aliphatic heterocycles. The average Bonchev–Trinajstić information content (AvgIpc) is 2.81. The van der Waals surface area contributed by atoms with Crippen molar-refractivity contribution in [1.29, 1.82) is 0 Å². The molecule has 1 unspecified atom stereocenters. The first-order valence-corrected chi connectivity index (χ1v) is 6.56. The number of rotatable bonds is 3. The summed E-state index contributed by atoms with van der Waals surface area (Å²) < 4.78 is 5.41. The first-order chi connectivity index (χ1) is 8.13. The van der Waals surface area contributed by atoms with E-state index in [4.69, 9.17) is 16.3 Å². The zero-order valence-electron chi connectivity index (χ0n) is 10.4. The maximum atomic E-state index is 9.68. The number of halogens is 1. The summed E-state index contributed by atoms with van der Waals surface area (Å²) in [5, 5.41) is 10.3. The lowest BCUT2D eigenvalue weighted by atomic mass is 9.94. The highest BCUT2D eigenvalue weighted by Gasteiger charge is 2.23. The minimum absolute atomic E-state index is 0.487. The summed E-state index contributed by atoms with van der Waals surface area (Å²) in [7, 11) is 1.65. The Morgan fingerprint density at radius 1 is 1.35 bits per heavy atom. The molecule has 1 aromatic rings. The van der Waals surface area contributed by atoms with Gasteiger partial charge in [-0.15, -0.1) is 0 Å². The van der Waals surface area contributed by atoms with E-state index in [0.717, 1.165) is 16.9 Å². The Hall–Kier alpha value is -0.730. The van der Waals surface area contributed by atoms with Gasteiger partial charge in [-0.25, -0.2) is 0 Å². The molecule has 1 aliphatic rings. The van der Waals surface area contributed by atoms with Gasteiger partial charge in [-0.1, -0.05) is 24.4 Å². The third-order valence-corrected chi connectivity index (χ3v) is 3.86. The van der Waals surface area contributed by atoms with E-state index < -0.39 is 6.10 Å². The summed E-state index contributed by atoms with van der Waals surface area (Å²) in [4.78, 5) is 0. The van der Waals surface area contributed by atoms with Crippen LogP contribution >= 0.6 is 11.6 Å². The molecule has 1 fully saturated rings. The summed E-state index contributed by atoms with van der Waals surface area (Å²) in [6.45, 7) is 1.76. The number of ether oxygens (including phenoxy) is 1. The summed E-state index contributed by atoms with van der Waals surface area (Å²) >= 11 is 6.22. The quantitative estimate of drug-likeness (QED) is 0.882. The average molecular weight is 255 g/mol. The molecule has 1 N–H and O–H groups in total. The van der Waals surface area contributed by atoms with Crippen LogP contribution in [0.5, 0.6) is 5.75 Å². The minimum atomic E-state index is -0.487. The van der Waals surface area contributed by atoms with Crippen molar-refractivity contribution in [1.82, 2.24) is 0 Å². The van der Waals surface area contributed by atoms with E-state index in [1.807, 2.05) is 6.07 Å². The van der Waals surface area contributed by atoms with Crippen molar-refractivity contribution in [3.8, 4) is 5.75 Å². The van der Waals surface area contributed by atoms with Crippen molar-refractivity contribution >= 4 is 11.6 Å². The van der Waals surface area contributed by atoms with Crippen LogP contribution in [0.2, 0.25) is 5.02 Å². The van der Waals surface area contributed by atoms with Crippen molar-refractivity contribution < 1.29 is 9.84 Å². The maximum Gasteiger partial charge on any atom is 0.140 e. The molecule has 0 radical (unpaired) electrons. The lowest BCUT2D eigenvalue weighted by Crippen LogP contribution is -2.01. The summed E-state index contributed by atoms with van der Waals surface area (Å²) in [5.41, 5.74) is 2.03. The smallest absolute Gasteiger partial charge is 0.140 e. The van der Waals surface area contributed by atoms with Gasteiger partial charge in [0.2, 0.25) is 0 Å². The maximum absolute atomic E-state index is 9.68. The molecule has 94 valence electrons. The van der Waals surface area contributed by atoms with Crippen LogP contribution in [0.15, 0.2) is 12.1 Å². The molecular formula is C14H19ClO2. The van der Waals surface area contributed by atoms with Crippen molar-refractivity contribution in [3.05, 3.63) is 28.3 Å². The second kappa shape index (κ2) is 5.28. The Morgan fingerprint density at radius 3 is 2.53 bits per heavy atom. The molecule has 2 nitrogen and oxygen atoms in total. The third-order valence-electron chi connectivity index (χ3n) is 3.58. The van der Waals surface area contributed by atoms with E-state index in [9.17, 15) is 5.11 Å². The molecule has 17 heavy (non-hydrogen) atoms. The van der Waals surface area contributed by atoms with Gasteiger partial charge < -0.3 is 9.84 Å².